The summed E-state index contributed by atoms with van der Waals surface area (Å²) in [6.45, 7) is 4.18. The second-order valence-corrected chi connectivity index (χ2v) is 6.41. The number of rotatable bonds is 3. The number of nitrogens with zero attached hydrogens (tertiary/aromatic N) is 1. The number of oxazole rings is 1. The molecule has 1 N–H and O–H groups in total. The van der Waals surface area contributed by atoms with Crippen LogP contribution in [0, 0.1) is 0 Å². The van der Waals surface area contributed by atoms with E-state index in [1.807, 2.05) is 6.07 Å². The molecule has 1 aliphatic heterocycles. The Hall–Kier alpha value is -0.770. The Labute approximate surface area is 128 Å². The van der Waals surface area contributed by atoms with Gasteiger partial charge in [-0.3, -0.25) is 0 Å². The molecule has 0 aliphatic carbocycles. The first-order chi connectivity index (χ1) is 9.64. The summed E-state index contributed by atoms with van der Waals surface area (Å²) in [5.74, 6) is 0.797. The molecule has 1 fully saturated rings. The summed E-state index contributed by atoms with van der Waals surface area (Å²) in [6, 6.07) is 3.51. The van der Waals surface area contributed by atoms with Crippen LogP contribution >= 0.6 is 23.2 Å². The predicted molar refractivity (Wildman–Crippen MR) is 82.7 cm³/mol. The van der Waals surface area contributed by atoms with Crippen LogP contribution in [0.3, 0.4) is 0 Å². The molecule has 1 aromatic carbocycles. The third-order valence-corrected chi connectivity index (χ3v) is 4.56. The zero-order valence-corrected chi connectivity index (χ0v) is 13.0. The number of aromatic nitrogens is 1. The molecule has 0 spiro atoms. The number of fused-ring (bicyclic) bond motifs is 1. The standard InChI is InChI=1S/C15H18Cl2N2O/c1-2-4-15(5-3-6-18-9-15)14-19-12-8-10(16)7-11(17)13(12)20-14/h7-8,18H,2-6,9H2,1H3. The van der Waals surface area contributed by atoms with Gasteiger partial charge in [-0.2, -0.15) is 0 Å². The Morgan fingerprint density at radius 2 is 2.25 bits per heavy atom. The number of hydrogen-bond donors (Lipinski definition) is 1. The zero-order chi connectivity index (χ0) is 14.2. The van der Waals surface area contributed by atoms with Crippen LogP contribution in [0.4, 0.5) is 0 Å². The lowest BCUT2D eigenvalue weighted by molar-refractivity contribution is 0.239. The average Bonchev–Trinajstić information content (AvgIpc) is 2.85. The fraction of sp³-hybridized carbons (Fsp3) is 0.533. The molecule has 1 unspecified atom stereocenters. The molecule has 3 rings (SSSR count). The van der Waals surface area contributed by atoms with E-state index in [0.717, 1.165) is 50.2 Å². The van der Waals surface area contributed by atoms with Crippen molar-refractivity contribution < 1.29 is 4.42 Å². The van der Waals surface area contributed by atoms with Crippen LogP contribution in [0.25, 0.3) is 11.1 Å². The Balaban J connectivity index is 2.09. The molecular weight excluding hydrogens is 295 g/mol. The van der Waals surface area contributed by atoms with Gasteiger partial charge in [0.15, 0.2) is 5.58 Å². The van der Waals surface area contributed by atoms with Gasteiger partial charge in [0.05, 0.1) is 10.4 Å². The minimum Gasteiger partial charge on any atom is -0.438 e. The maximum atomic E-state index is 6.20. The van der Waals surface area contributed by atoms with Gasteiger partial charge in [-0.25, -0.2) is 4.98 Å². The number of benzene rings is 1. The van der Waals surface area contributed by atoms with Gasteiger partial charge in [0, 0.05) is 11.6 Å². The quantitative estimate of drug-likeness (QED) is 0.903. The highest BCUT2D eigenvalue weighted by atomic mass is 35.5. The molecule has 5 heteroatoms. The molecule has 0 radical (unpaired) electrons. The summed E-state index contributed by atoms with van der Waals surface area (Å²) in [4.78, 5) is 4.67. The van der Waals surface area contributed by atoms with Crippen molar-refractivity contribution in [2.24, 2.45) is 0 Å². The molecular formula is C15H18Cl2N2O. The summed E-state index contributed by atoms with van der Waals surface area (Å²) < 4.78 is 6.01. The Morgan fingerprint density at radius 1 is 1.40 bits per heavy atom. The van der Waals surface area contributed by atoms with Crippen molar-refractivity contribution in [3.8, 4) is 0 Å². The van der Waals surface area contributed by atoms with Gasteiger partial charge >= 0.3 is 0 Å². The van der Waals surface area contributed by atoms with Crippen LogP contribution in [0.15, 0.2) is 16.5 Å². The minimum absolute atomic E-state index is 0.0121. The van der Waals surface area contributed by atoms with Gasteiger partial charge in [-0.15, -0.1) is 0 Å². The fourth-order valence-electron chi connectivity index (χ4n) is 3.14. The van der Waals surface area contributed by atoms with Gasteiger partial charge in [-0.1, -0.05) is 36.5 Å². The third kappa shape index (κ3) is 2.43. The molecule has 1 saturated heterocycles. The Morgan fingerprint density at radius 3 is 2.95 bits per heavy atom. The summed E-state index contributed by atoms with van der Waals surface area (Å²) in [7, 11) is 0. The molecule has 2 aromatic rings. The van der Waals surface area contributed by atoms with Crippen molar-refractivity contribution in [2.75, 3.05) is 13.1 Å². The van der Waals surface area contributed by atoms with Crippen molar-refractivity contribution in [2.45, 2.75) is 38.0 Å². The van der Waals surface area contributed by atoms with Gasteiger partial charge < -0.3 is 9.73 Å². The van der Waals surface area contributed by atoms with Gasteiger partial charge in [0.1, 0.15) is 5.52 Å². The van der Waals surface area contributed by atoms with E-state index in [9.17, 15) is 0 Å². The monoisotopic (exact) mass is 312 g/mol. The maximum Gasteiger partial charge on any atom is 0.203 e. The van der Waals surface area contributed by atoms with E-state index in [1.165, 1.54) is 0 Å². The van der Waals surface area contributed by atoms with Crippen LogP contribution in [0.2, 0.25) is 10.0 Å². The zero-order valence-electron chi connectivity index (χ0n) is 11.5. The fourth-order valence-corrected chi connectivity index (χ4v) is 3.66. The molecule has 0 bridgehead atoms. The lowest BCUT2D eigenvalue weighted by Crippen LogP contribution is -2.43. The number of halogens is 2. The topological polar surface area (TPSA) is 38.1 Å². The van der Waals surface area contributed by atoms with Crippen LogP contribution in [0.5, 0.6) is 0 Å². The van der Waals surface area contributed by atoms with Gasteiger partial charge in [0.25, 0.3) is 0 Å². The number of nitrogens with one attached hydrogen (secondary N) is 1. The second kappa shape index (κ2) is 5.55. The third-order valence-electron chi connectivity index (χ3n) is 4.06. The second-order valence-electron chi connectivity index (χ2n) is 5.57. The summed E-state index contributed by atoms with van der Waals surface area (Å²) in [5, 5.41) is 4.59. The summed E-state index contributed by atoms with van der Waals surface area (Å²) in [6.07, 6.45) is 4.42. The molecule has 20 heavy (non-hydrogen) atoms. The number of piperidine rings is 1. The maximum absolute atomic E-state index is 6.20. The van der Waals surface area contributed by atoms with Crippen molar-refractivity contribution in [3.63, 3.8) is 0 Å². The van der Waals surface area contributed by atoms with Crippen LogP contribution in [0.1, 0.15) is 38.5 Å². The minimum atomic E-state index is -0.0121. The van der Waals surface area contributed by atoms with Crippen molar-refractivity contribution in [3.05, 3.63) is 28.1 Å². The number of hydrogen-bond acceptors (Lipinski definition) is 3. The largest absolute Gasteiger partial charge is 0.438 e. The van der Waals surface area contributed by atoms with E-state index >= 15 is 0 Å². The van der Waals surface area contributed by atoms with Gasteiger partial charge in [0.2, 0.25) is 5.89 Å². The molecule has 2 heterocycles. The van der Waals surface area contributed by atoms with Crippen LogP contribution in [-0.2, 0) is 5.41 Å². The molecule has 0 saturated carbocycles. The molecule has 3 nitrogen and oxygen atoms in total. The van der Waals surface area contributed by atoms with Crippen molar-refractivity contribution in [1.29, 1.82) is 0 Å². The SMILES string of the molecule is CCCC1(c2nc3cc(Cl)cc(Cl)c3o2)CCCNC1. The van der Waals surface area contributed by atoms with Crippen LogP contribution < -0.4 is 5.32 Å². The highest BCUT2D eigenvalue weighted by molar-refractivity contribution is 6.37. The highest BCUT2D eigenvalue weighted by Gasteiger charge is 2.38. The normalized spacial score (nSPS) is 23.4. The van der Waals surface area contributed by atoms with Crippen molar-refractivity contribution >= 4 is 34.3 Å². The Bertz CT molecular complexity index is 612. The van der Waals surface area contributed by atoms with Gasteiger partial charge in [-0.05, 0) is 37.9 Å². The average molecular weight is 313 g/mol. The lowest BCUT2D eigenvalue weighted by Gasteiger charge is -2.34. The smallest absolute Gasteiger partial charge is 0.203 e. The van der Waals surface area contributed by atoms with Crippen LogP contribution in [-0.4, -0.2) is 18.1 Å². The molecule has 1 aromatic heterocycles. The predicted octanol–water partition coefficient (Wildman–Crippen LogP) is 4.56. The van der Waals surface area contributed by atoms with E-state index in [4.69, 9.17) is 27.6 Å². The molecule has 108 valence electrons. The first kappa shape index (κ1) is 14.2. The first-order valence-electron chi connectivity index (χ1n) is 7.11. The van der Waals surface area contributed by atoms with E-state index in [-0.39, 0.29) is 5.41 Å². The Kier molecular flexibility index (Phi) is 3.93. The van der Waals surface area contributed by atoms with E-state index in [1.54, 1.807) is 6.07 Å². The summed E-state index contributed by atoms with van der Waals surface area (Å²) in [5.41, 5.74) is 1.38. The van der Waals surface area contributed by atoms with Crippen molar-refractivity contribution in [1.82, 2.24) is 10.3 Å². The molecule has 0 amide bonds. The highest BCUT2D eigenvalue weighted by Crippen LogP contribution is 2.38. The summed E-state index contributed by atoms with van der Waals surface area (Å²) >= 11 is 12.2. The van der Waals surface area contributed by atoms with E-state index in [2.05, 4.69) is 17.2 Å². The van der Waals surface area contributed by atoms with E-state index < -0.39 is 0 Å². The van der Waals surface area contributed by atoms with E-state index in [0.29, 0.717) is 15.6 Å². The lowest BCUT2D eigenvalue weighted by atomic mass is 9.77. The molecule has 1 atom stereocenters. The molecule has 1 aliphatic rings. The first-order valence-corrected chi connectivity index (χ1v) is 7.87.